The fourth-order valence-electron chi connectivity index (χ4n) is 6.07. The van der Waals surface area contributed by atoms with Gasteiger partial charge in [-0.05, 0) is 53.4 Å². The van der Waals surface area contributed by atoms with Gasteiger partial charge >= 0.3 is 12.1 Å². The van der Waals surface area contributed by atoms with Crippen LogP contribution in [-0.2, 0) is 14.3 Å². The molecule has 2 aromatic rings. The number of carboxylic acids is 1. The molecule has 0 radical (unpaired) electrons. The average molecular weight is 463 g/mol. The topological polar surface area (TPSA) is 95.9 Å². The van der Waals surface area contributed by atoms with Gasteiger partial charge in [0.1, 0.15) is 6.61 Å². The maximum Gasteiger partial charge on any atom is 0.407 e. The highest BCUT2D eigenvalue weighted by atomic mass is 16.5. The van der Waals surface area contributed by atoms with Gasteiger partial charge in [0, 0.05) is 31.5 Å². The van der Waals surface area contributed by atoms with Crippen LogP contribution in [0.2, 0.25) is 0 Å². The van der Waals surface area contributed by atoms with E-state index in [1.54, 1.807) is 7.05 Å². The van der Waals surface area contributed by atoms with E-state index >= 15 is 0 Å². The Labute approximate surface area is 199 Å². The van der Waals surface area contributed by atoms with E-state index in [1.165, 1.54) is 27.2 Å². The molecule has 2 amide bonds. The molecule has 1 unspecified atom stereocenters. The second-order valence-corrected chi connectivity index (χ2v) is 9.81. The molecule has 2 aromatic carbocycles. The van der Waals surface area contributed by atoms with E-state index in [0.717, 1.165) is 19.3 Å². The number of hydrogen-bond acceptors (Lipinski definition) is 4. The molecule has 178 valence electrons. The second-order valence-electron chi connectivity index (χ2n) is 9.81. The third-order valence-corrected chi connectivity index (χ3v) is 7.86. The van der Waals surface area contributed by atoms with Crippen molar-refractivity contribution in [2.45, 2.75) is 37.6 Å². The number of nitrogens with zero attached hydrogens (tertiary/aromatic N) is 1. The van der Waals surface area contributed by atoms with Gasteiger partial charge < -0.3 is 20.1 Å². The Bertz CT molecular complexity index is 1070. The quantitative estimate of drug-likeness (QED) is 0.651. The van der Waals surface area contributed by atoms with Crippen LogP contribution >= 0.6 is 0 Å². The Balaban J connectivity index is 1.13. The van der Waals surface area contributed by atoms with Crippen molar-refractivity contribution in [3.05, 3.63) is 59.7 Å². The molecule has 3 aliphatic carbocycles. The summed E-state index contributed by atoms with van der Waals surface area (Å²) in [5, 5.41) is 11.9. The lowest BCUT2D eigenvalue weighted by molar-refractivity contribution is -0.139. The van der Waals surface area contributed by atoms with Crippen molar-refractivity contribution in [2.24, 2.45) is 17.8 Å². The predicted molar refractivity (Wildman–Crippen MR) is 126 cm³/mol. The maximum absolute atomic E-state index is 12.7. The summed E-state index contributed by atoms with van der Waals surface area (Å²) in [5.74, 6) is -0.248. The highest BCUT2D eigenvalue weighted by Crippen LogP contribution is 2.50. The molecule has 0 bridgehead atoms. The number of hydrogen-bond donors (Lipinski definition) is 2. The first-order valence-electron chi connectivity index (χ1n) is 12.0. The summed E-state index contributed by atoms with van der Waals surface area (Å²) in [7, 11) is 1.66. The molecule has 34 heavy (non-hydrogen) atoms. The summed E-state index contributed by atoms with van der Waals surface area (Å²) in [6.45, 7) is 0.511. The van der Waals surface area contributed by atoms with Gasteiger partial charge in [0.25, 0.3) is 0 Å². The molecule has 2 N–H and O–H groups in total. The molecular weight excluding hydrogens is 432 g/mol. The second kappa shape index (κ2) is 9.12. The lowest BCUT2D eigenvalue weighted by Crippen LogP contribution is -2.50. The summed E-state index contributed by atoms with van der Waals surface area (Å²) in [4.78, 5) is 37.6. The first-order valence-corrected chi connectivity index (χ1v) is 12.0. The van der Waals surface area contributed by atoms with Gasteiger partial charge in [-0.3, -0.25) is 9.59 Å². The molecule has 7 nitrogen and oxygen atoms in total. The van der Waals surface area contributed by atoms with Crippen LogP contribution < -0.4 is 5.32 Å². The average Bonchev–Trinajstić information content (AvgIpc) is 3.34. The molecule has 2 saturated carbocycles. The highest BCUT2D eigenvalue weighted by Gasteiger charge is 2.50. The molecule has 3 aliphatic rings. The molecule has 0 spiro atoms. The molecule has 0 heterocycles. The van der Waals surface area contributed by atoms with E-state index in [0.29, 0.717) is 5.92 Å². The van der Waals surface area contributed by atoms with Gasteiger partial charge in [-0.25, -0.2) is 4.79 Å². The van der Waals surface area contributed by atoms with E-state index in [2.05, 4.69) is 29.6 Å². The van der Waals surface area contributed by atoms with Gasteiger partial charge in [0.15, 0.2) is 0 Å². The van der Waals surface area contributed by atoms with Crippen LogP contribution in [0, 0.1) is 17.8 Å². The number of alkyl carbamates (subject to hydrolysis) is 1. The van der Waals surface area contributed by atoms with E-state index in [9.17, 15) is 14.4 Å². The van der Waals surface area contributed by atoms with Crippen LogP contribution in [0.25, 0.3) is 11.1 Å². The normalized spacial score (nSPS) is 24.4. The Morgan fingerprint density at radius 2 is 1.65 bits per heavy atom. The van der Waals surface area contributed by atoms with Crippen molar-refractivity contribution in [2.75, 3.05) is 20.2 Å². The third-order valence-electron chi connectivity index (χ3n) is 7.86. The van der Waals surface area contributed by atoms with E-state index in [4.69, 9.17) is 9.84 Å². The molecule has 7 heteroatoms. The van der Waals surface area contributed by atoms with Crippen LogP contribution in [0.1, 0.15) is 42.7 Å². The van der Waals surface area contributed by atoms with Gasteiger partial charge in [-0.2, -0.15) is 0 Å². The summed E-state index contributed by atoms with van der Waals surface area (Å²) in [5.41, 5.74) is 4.77. The lowest BCUT2D eigenvalue weighted by atomic mass is 9.71. The number of benzene rings is 2. The fraction of sp³-hybridized carbons (Fsp3) is 0.444. The first-order chi connectivity index (χ1) is 16.4. The van der Waals surface area contributed by atoms with E-state index in [1.807, 2.05) is 24.3 Å². The van der Waals surface area contributed by atoms with Crippen molar-refractivity contribution < 1.29 is 24.2 Å². The minimum atomic E-state index is -0.904. The maximum atomic E-state index is 12.7. The fourth-order valence-corrected chi connectivity index (χ4v) is 6.07. The van der Waals surface area contributed by atoms with Crippen LogP contribution in [-0.4, -0.2) is 54.2 Å². The van der Waals surface area contributed by atoms with Crippen LogP contribution in [0.3, 0.4) is 0 Å². The molecule has 4 atom stereocenters. The Hall–Kier alpha value is -3.35. The number of aliphatic carboxylic acids is 1. The van der Waals surface area contributed by atoms with Crippen LogP contribution in [0.5, 0.6) is 0 Å². The van der Waals surface area contributed by atoms with Crippen molar-refractivity contribution in [3.8, 4) is 11.1 Å². The van der Waals surface area contributed by atoms with Crippen molar-refractivity contribution in [3.63, 3.8) is 0 Å². The number of nitrogens with one attached hydrogen (secondary N) is 1. The van der Waals surface area contributed by atoms with E-state index in [-0.39, 0.29) is 49.3 Å². The van der Waals surface area contributed by atoms with E-state index < -0.39 is 12.1 Å². The largest absolute Gasteiger partial charge is 0.481 e. The molecule has 0 saturated heterocycles. The van der Waals surface area contributed by atoms with Gasteiger partial charge in [-0.1, -0.05) is 48.5 Å². The molecular formula is C27H30N2O5. The summed E-state index contributed by atoms with van der Waals surface area (Å²) in [6, 6.07) is 16.5. The molecule has 2 fully saturated rings. The van der Waals surface area contributed by atoms with Gasteiger partial charge in [0.2, 0.25) is 5.91 Å². The van der Waals surface area contributed by atoms with Crippen LogP contribution in [0.15, 0.2) is 48.5 Å². The predicted octanol–water partition coefficient (Wildman–Crippen LogP) is 3.87. The lowest BCUT2D eigenvalue weighted by Gasteiger charge is -2.40. The number of fused-ring (bicyclic) bond motifs is 4. The number of carbonyl (C=O) groups is 3. The Morgan fingerprint density at radius 3 is 2.29 bits per heavy atom. The third kappa shape index (κ3) is 4.15. The molecule has 0 aromatic heterocycles. The molecule has 0 aliphatic heterocycles. The SMILES string of the molecule is CN(CCC(=O)O)C(=O)C1C[C@@H]2C[C@H](NC(=O)OCC3c4ccccc4-c4ccccc43)[C@@H]2C1. The number of ether oxygens (including phenoxy) is 1. The smallest absolute Gasteiger partial charge is 0.407 e. The minimum Gasteiger partial charge on any atom is -0.481 e. The summed E-state index contributed by atoms with van der Waals surface area (Å²) < 4.78 is 5.68. The Morgan fingerprint density at radius 1 is 1.00 bits per heavy atom. The van der Waals surface area contributed by atoms with Gasteiger partial charge in [-0.15, -0.1) is 0 Å². The summed E-state index contributed by atoms with van der Waals surface area (Å²) >= 11 is 0. The molecule has 5 rings (SSSR count). The zero-order valence-electron chi connectivity index (χ0n) is 19.3. The Kier molecular flexibility index (Phi) is 6.02. The van der Waals surface area contributed by atoms with Crippen molar-refractivity contribution in [1.29, 1.82) is 0 Å². The van der Waals surface area contributed by atoms with Crippen LogP contribution in [0.4, 0.5) is 4.79 Å². The zero-order chi connectivity index (χ0) is 23.8. The number of amides is 2. The zero-order valence-corrected chi connectivity index (χ0v) is 19.3. The summed E-state index contributed by atoms with van der Waals surface area (Å²) in [6.07, 6.45) is 1.95. The van der Waals surface area contributed by atoms with Crippen molar-refractivity contribution >= 4 is 18.0 Å². The standard InChI is InChI=1S/C27H30N2O5/c1-29(11-10-25(30)31)26(32)17-12-16-14-24(22(16)13-17)28-27(33)34-15-23-20-8-4-2-6-18(20)19-7-3-5-9-21(19)23/h2-9,16-17,22-24H,10-15H2,1H3,(H,28,33)(H,30,31)/t16-,17?,22-,24+/m1/s1. The van der Waals surface area contributed by atoms with Gasteiger partial charge in [0.05, 0.1) is 6.42 Å². The number of carboxylic acid groups (broad SMARTS) is 1. The monoisotopic (exact) mass is 462 g/mol. The van der Waals surface area contributed by atoms with Crippen molar-refractivity contribution in [1.82, 2.24) is 10.2 Å². The number of carbonyl (C=O) groups excluding carboxylic acids is 2. The first kappa shape index (κ1) is 22.4. The highest BCUT2D eigenvalue weighted by molar-refractivity contribution is 5.80. The number of rotatable bonds is 7. The minimum absolute atomic E-state index is 0.00976.